The second kappa shape index (κ2) is 15.3. The van der Waals surface area contributed by atoms with Crippen LogP contribution >= 0.6 is 0 Å². The highest BCUT2D eigenvalue weighted by Gasteiger charge is 2.43. The maximum absolute atomic E-state index is 13.1. The first kappa shape index (κ1) is 28.5. The van der Waals surface area contributed by atoms with Crippen LogP contribution in [0, 0.1) is 17.7 Å². The van der Waals surface area contributed by atoms with Crippen LogP contribution < -0.4 is 5.32 Å². The highest BCUT2D eigenvalue weighted by molar-refractivity contribution is 5.79. The summed E-state index contributed by atoms with van der Waals surface area (Å²) in [6.45, 7) is 6.10. The highest BCUT2D eigenvalue weighted by atomic mass is 19.1. The number of allylic oxidation sites excluding steroid dienone is 1. The average molecular weight is 490 g/mol. The minimum Gasteiger partial charge on any atom is -0.461 e. The van der Waals surface area contributed by atoms with Crippen molar-refractivity contribution in [3.63, 3.8) is 0 Å². The molecule has 0 aromatic heterocycles. The molecule has 0 radical (unpaired) electrons. The van der Waals surface area contributed by atoms with Crippen molar-refractivity contribution >= 4 is 24.4 Å². The summed E-state index contributed by atoms with van der Waals surface area (Å²) in [5.41, 5.74) is 0.882. The number of benzene rings is 1. The van der Waals surface area contributed by atoms with E-state index in [-0.39, 0.29) is 29.7 Å². The molecule has 1 saturated heterocycles. The van der Waals surface area contributed by atoms with Gasteiger partial charge in [-0.3, -0.25) is 9.59 Å². The quantitative estimate of drug-likeness (QED) is 0.175. The summed E-state index contributed by atoms with van der Waals surface area (Å²) in [7, 11) is 0. The van der Waals surface area contributed by atoms with E-state index in [1.54, 1.807) is 12.1 Å². The number of esters is 2. The van der Waals surface area contributed by atoms with E-state index < -0.39 is 18.1 Å². The zero-order valence-corrected chi connectivity index (χ0v) is 21.2. The van der Waals surface area contributed by atoms with Crippen LogP contribution in [0.4, 0.5) is 4.39 Å². The lowest BCUT2D eigenvalue weighted by Gasteiger charge is -2.37. The molecule has 1 aromatic carbocycles. The molecule has 194 valence electrons. The second-order valence-electron chi connectivity index (χ2n) is 9.72. The first-order valence-electron chi connectivity index (χ1n) is 12.9. The Labute approximate surface area is 208 Å². The maximum Gasteiger partial charge on any atom is 0.328 e. The molecular weight excluding hydrogens is 449 g/mol. The van der Waals surface area contributed by atoms with Gasteiger partial charge in [0.1, 0.15) is 24.1 Å². The van der Waals surface area contributed by atoms with Gasteiger partial charge in [-0.05, 0) is 49.3 Å². The Morgan fingerprint density at radius 3 is 2.57 bits per heavy atom. The van der Waals surface area contributed by atoms with Gasteiger partial charge in [-0.25, -0.2) is 9.18 Å². The highest BCUT2D eigenvalue weighted by Crippen LogP contribution is 2.32. The average Bonchev–Trinajstić information content (AvgIpc) is 2.81. The number of nitrogens with one attached hydrogen (secondary N) is 1. The number of hydrogen-bond donors (Lipinski definition) is 1. The number of rotatable bonds is 17. The van der Waals surface area contributed by atoms with Gasteiger partial charge in [0, 0.05) is 6.42 Å². The molecule has 6 nitrogen and oxygen atoms in total. The Bertz CT molecular complexity index is 823. The minimum absolute atomic E-state index is 0.151. The zero-order chi connectivity index (χ0) is 25.6. The lowest BCUT2D eigenvalue weighted by atomic mass is 9.86. The van der Waals surface area contributed by atoms with Crippen LogP contribution in [0.25, 0.3) is 6.08 Å². The molecule has 4 atom stereocenters. The van der Waals surface area contributed by atoms with E-state index >= 15 is 0 Å². The van der Waals surface area contributed by atoms with Crippen molar-refractivity contribution in [2.45, 2.75) is 96.8 Å². The van der Waals surface area contributed by atoms with Crippen LogP contribution in [0.15, 0.2) is 30.3 Å². The third-order valence-corrected chi connectivity index (χ3v) is 6.26. The normalized spacial score (nSPS) is 19.2. The van der Waals surface area contributed by atoms with Gasteiger partial charge in [0.15, 0.2) is 0 Å². The topological polar surface area (TPSA) is 81.7 Å². The molecule has 1 fully saturated rings. The van der Waals surface area contributed by atoms with E-state index in [0.29, 0.717) is 32.1 Å². The van der Waals surface area contributed by atoms with E-state index in [0.717, 1.165) is 37.7 Å². The van der Waals surface area contributed by atoms with E-state index in [2.05, 4.69) is 12.2 Å². The largest absolute Gasteiger partial charge is 0.461 e. The number of carbonyl (C=O) groups excluding carboxylic acids is 3. The summed E-state index contributed by atoms with van der Waals surface area (Å²) in [6.07, 6.45) is 10.9. The molecule has 1 aliphatic rings. The van der Waals surface area contributed by atoms with Gasteiger partial charge in [-0.2, -0.15) is 0 Å². The molecule has 0 spiro atoms. The van der Waals surface area contributed by atoms with Crippen molar-refractivity contribution in [3.8, 4) is 0 Å². The predicted octanol–water partition coefficient (Wildman–Crippen LogP) is 5.59. The molecule has 1 N–H and O–H groups in total. The van der Waals surface area contributed by atoms with E-state index in [9.17, 15) is 18.8 Å². The Kier molecular flexibility index (Phi) is 12.5. The van der Waals surface area contributed by atoms with Crippen LogP contribution in [-0.2, 0) is 23.9 Å². The molecule has 0 aliphatic carbocycles. The van der Waals surface area contributed by atoms with Crippen LogP contribution in [-0.4, -0.2) is 36.6 Å². The molecule has 2 rings (SSSR count). The van der Waals surface area contributed by atoms with Crippen molar-refractivity contribution in [1.82, 2.24) is 5.32 Å². The molecule has 35 heavy (non-hydrogen) atoms. The SMILES string of the molecule is CCCCCC[C@@H]1C(=O)O[C@H]1C[C@H](CCC=Cc1ccc(F)cc1)OC(=O)[C@H](CC(C)C)NC=O. The summed E-state index contributed by atoms with van der Waals surface area (Å²) in [5.74, 6) is -0.871. The summed E-state index contributed by atoms with van der Waals surface area (Å²) in [5, 5.41) is 2.56. The molecule has 1 heterocycles. The number of halogens is 1. The van der Waals surface area contributed by atoms with Crippen molar-refractivity contribution < 1.29 is 28.2 Å². The smallest absolute Gasteiger partial charge is 0.328 e. The van der Waals surface area contributed by atoms with Crippen molar-refractivity contribution in [1.29, 1.82) is 0 Å². The van der Waals surface area contributed by atoms with Gasteiger partial charge in [0.05, 0.1) is 5.92 Å². The van der Waals surface area contributed by atoms with Gasteiger partial charge >= 0.3 is 11.9 Å². The zero-order valence-electron chi connectivity index (χ0n) is 21.2. The number of hydrogen-bond acceptors (Lipinski definition) is 5. The fourth-order valence-corrected chi connectivity index (χ4v) is 4.30. The number of amides is 1. The van der Waals surface area contributed by atoms with Gasteiger partial charge in [-0.1, -0.05) is 70.7 Å². The molecule has 0 unspecified atom stereocenters. The lowest BCUT2D eigenvalue weighted by molar-refractivity contribution is -0.190. The monoisotopic (exact) mass is 489 g/mol. The molecule has 0 saturated carbocycles. The van der Waals surface area contributed by atoms with E-state index in [1.165, 1.54) is 12.1 Å². The first-order valence-corrected chi connectivity index (χ1v) is 12.9. The number of ether oxygens (including phenoxy) is 2. The Morgan fingerprint density at radius 1 is 1.20 bits per heavy atom. The standard InChI is InChI=1S/C28H40FNO5/c1-4-5-6-7-12-24-26(35-27(24)32)18-23(34-28(33)25(30-19-31)17-20(2)3)11-9-8-10-21-13-15-22(29)16-14-21/h8,10,13-16,19-20,23-26H,4-7,9,11-12,17-18H2,1-3H3,(H,30,31)/t23-,24-,25-,26-/m0/s1. The predicted molar refractivity (Wildman–Crippen MR) is 134 cm³/mol. The van der Waals surface area contributed by atoms with Gasteiger partial charge < -0.3 is 14.8 Å². The Balaban J connectivity index is 2.00. The van der Waals surface area contributed by atoms with Crippen LogP contribution in [0.2, 0.25) is 0 Å². The van der Waals surface area contributed by atoms with Gasteiger partial charge in [0.2, 0.25) is 6.41 Å². The lowest BCUT2D eigenvalue weighted by Crippen LogP contribution is -2.48. The van der Waals surface area contributed by atoms with Crippen molar-refractivity contribution in [2.24, 2.45) is 11.8 Å². The molecule has 1 aliphatic heterocycles. The number of carbonyl (C=O) groups is 3. The third-order valence-electron chi connectivity index (χ3n) is 6.26. The second-order valence-corrected chi connectivity index (χ2v) is 9.72. The van der Waals surface area contributed by atoms with Crippen LogP contribution in [0.3, 0.4) is 0 Å². The molecular formula is C28H40FNO5. The Morgan fingerprint density at radius 2 is 1.94 bits per heavy atom. The Hall–Kier alpha value is -2.70. The molecule has 1 amide bonds. The summed E-state index contributed by atoms with van der Waals surface area (Å²) < 4.78 is 24.4. The van der Waals surface area contributed by atoms with E-state index in [1.807, 2.05) is 26.0 Å². The van der Waals surface area contributed by atoms with Crippen LogP contribution in [0.5, 0.6) is 0 Å². The van der Waals surface area contributed by atoms with E-state index in [4.69, 9.17) is 9.47 Å². The summed E-state index contributed by atoms with van der Waals surface area (Å²) in [4.78, 5) is 35.9. The number of unbranched alkanes of at least 4 members (excludes halogenated alkanes) is 3. The molecule has 7 heteroatoms. The number of cyclic esters (lactones) is 1. The summed E-state index contributed by atoms with van der Waals surface area (Å²) in [6, 6.07) is 5.50. The molecule has 1 aromatic rings. The minimum atomic E-state index is -0.710. The fourth-order valence-electron chi connectivity index (χ4n) is 4.30. The van der Waals surface area contributed by atoms with Gasteiger partial charge in [-0.15, -0.1) is 0 Å². The van der Waals surface area contributed by atoms with Crippen molar-refractivity contribution in [3.05, 3.63) is 41.7 Å². The first-order chi connectivity index (χ1) is 16.8. The third kappa shape index (κ3) is 10.2. The molecule has 0 bridgehead atoms. The van der Waals surface area contributed by atoms with Gasteiger partial charge in [0.25, 0.3) is 0 Å². The summed E-state index contributed by atoms with van der Waals surface area (Å²) >= 11 is 0. The van der Waals surface area contributed by atoms with Crippen LogP contribution in [0.1, 0.15) is 84.1 Å². The van der Waals surface area contributed by atoms with Crippen molar-refractivity contribution in [2.75, 3.05) is 0 Å². The fraction of sp³-hybridized carbons (Fsp3) is 0.607. The maximum atomic E-state index is 13.1.